The summed E-state index contributed by atoms with van der Waals surface area (Å²) >= 11 is 0. The normalized spacial score (nSPS) is 12.7. The molecule has 0 saturated heterocycles. The van der Waals surface area contributed by atoms with E-state index in [1.807, 2.05) is 68.4 Å². The summed E-state index contributed by atoms with van der Waals surface area (Å²) in [5.41, 5.74) is 1.68. The number of rotatable bonds is 41. The topological polar surface area (TPSA) is 207 Å². The van der Waals surface area contributed by atoms with Crippen molar-refractivity contribution in [3.05, 3.63) is 59.7 Å². The van der Waals surface area contributed by atoms with Gasteiger partial charge in [-0.15, -0.1) is 0 Å². The lowest BCUT2D eigenvalue weighted by molar-refractivity contribution is -0.116. The number of carbonyl (C=O) groups excluding carboxylic acids is 2. The molecular weight excluding hydrogens is 985 g/mol. The van der Waals surface area contributed by atoms with Crippen LogP contribution in [0.4, 0.5) is 15.3 Å². The molecule has 0 radical (unpaired) electrons. The van der Waals surface area contributed by atoms with Crippen LogP contribution in [0.5, 0.6) is 17.2 Å². The number of methoxy groups -OCH3 is 2. The standard InChI is InChI=1S/C50H84N2O17Si3/c1-12-60-70(61-13-2,62-14-3)35-21-32-51-49(54)69-46-31-27-42(39-48(46)58-11)25-29-44(59-34-23-37-72(66-18-7,67-19-8)68-20-9)40-43(53)28-24-41-26-30-45(47(38-41)57-10)52(50(55)56)33-22-36-71(63-15-4,64-16-5)65-17-6/h24-31,38-39,44H,12-23,32-37,40H2,1-11H3,(H,51,54)(H,55,56)/b28-24+,29-25+. The summed E-state index contributed by atoms with van der Waals surface area (Å²) in [4.78, 5) is 40.2. The maximum absolute atomic E-state index is 13.6. The molecule has 0 aliphatic rings. The third kappa shape index (κ3) is 22.6. The fourth-order valence-electron chi connectivity index (χ4n) is 7.68. The van der Waals surface area contributed by atoms with E-state index < -0.39 is 44.7 Å². The highest BCUT2D eigenvalue weighted by Gasteiger charge is 2.42. The van der Waals surface area contributed by atoms with Crippen molar-refractivity contribution < 1.29 is 78.3 Å². The highest BCUT2D eigenvalue weighted by Crippen LogP contribution is 2.32. The maximum Gasteiger partial charge on any atom is 0.501 e. The first-order valence-electron chi connectivity index (χ1n) is 25.3. The van der Waals surface area contributed by atoms with Gasteiger partial charge >= 0.3 is 38.6 Å². The Morgan fingerprint density at radius 2 is 1.06 bits per heavy atom. The van der Waals surface area contributed by atoms with Crippen LogP contribution in [-0.2, 0) is 49.4 Å². The summed E-state index contributed by atoms with van der Waals surface area (Å²) in [6.07, 6.45) is 5.82. The molecule has 0 aliphatic heterocycles. The first kappa shape index (κ1) is 64.1. The first-order chi connectivity index (χ1) is 34.7. The number of hydrogen-bond donors (Lipinski definition) is 2. The summed E-state index contributed by atoms with van der Waals surface area (Å²) in [6.45, 7) is 21.8. The van der Waals surface area contributed by atoms with Gasteiger partial charge in [0.25, 0.3) is 0 Å². The fraction of sp³-hybridized carbons (Fsp3) is 0.620. The molecule has 0 bridgehead atoms. The smallest absolute Gasteiger partial charge is 0.495 e. The second-order valence-corrected chi connectivity index (χ2v) is 23.8. The average Bonchev–Trinajstić information content (AvgIpc) is 3.35. The summed E-state index contributed by atoms with van der Waals surface area (Å²) in [5.74, 6) is 0.641. The lowest BCUT2D eigenvalue weighted by Crippen LogP contribution is -2.46. The number of ketones is 1. The van der Waals surface area contributed by atoms with Gasteiger partial charge in [-0.1, -0.05) is 30.4 Å². The zero-order valence-electron chi connectivity index (χ0n) is 44.7. The van der Waals surface area contributed by atoms with E-state index in [0.717, 1.165) is 0 Å². The Kier molecular flexibility index (Phi) is 32.1. The first-order valence-corrected chi connectivity index (χ1v) is 31.1. The molecule has 2 N–H and O–H groups in total. The molecular formula is C50H84N2O17Si3. The lowest BCUT2D eigenvalue weighted by atomic mass is 10.1. The number of amides is 2. The average molecular weight is 1070 g/mol. The Balaban J connectivity index is 2.29. The predicted molar refractivity (Wildman–Crippen MR) is 283 cm³/mol. The van der Waals surface area contributed by atoms with E-state index in [9.17, 15) is 19.5 Å². The van der Waals surface area contributed by atoms with Crippen molar-refractivity contribution in [3.63, 3.8) is 0 Å². The van der Waals surface area contributed by atoms with Crippen LogP contribution in [0.25, 0.3) is 12.2 Å². The Bertz CT molecular complexity index is 1880. The van der Waals surface area contributed by atoms with Crippen molar-refractivity contribution in [2.45, 2.75) is 112 Å². The zero-order valence-corrected chi connectivity index (χ0v) is 47.7. The van der Waals surface area contributed by atoms with Crippen LogP contribution in [0, 0.1) is 0 Å². The molecule has 2 amide bonds. The molecule has 19 nitrogen and oxygen atoms in total. The summed E-state index contributed by atoms with van der Waals surface area (Å²) in [7, 11) is -5.82. The van der Waals surface area contributed by atoms with E-state index >= 15 is 0 Å². The van der Waals surface area contributed by atoms with E-state index in [-0.39, 0.29) is 31.1 Å². The van der Waals surface area contributed by atoms with Crippen LogP contribution >= 0.6 is 0 Å². The molecule has 2 rings (SSSR count). The molecule has 2 aromatic rings. The Hall–Kier alpha value is -4.02. The molecule has 0 aliphatic carbocycles. The minimum atomic E-state index is -2.98. The Morgan fingerprint density at radius 1 is 0.597 bits per heavy atom. The molecule has 0 spiro atoms. The SMILES string of the molecule is CCO[Si](CCCNC(=O)Oc1ccc(/C=C/C(CC(=O)/C=C/c2ccc(N(CCC[Si](OCC)(OCC)OCC)C(=O)O)c(OC)c2)OCCC[Si](OCC)(OCC)OCC)cc1OC)(OCC)OCC. The Labute approximate surface area is 431 Å². The monoisotopic (exact) mass is 1070 g/mol. The zero-order chi connectivity index (χ0) is 53.3. The van der Waals surface area contributed by atoms with Crippen LogP contribution < -0.4 is 24.4 Å². The fourth-order valence-corrected chi connectivity index (χ4v) is 15.5. The molecule has 0 heterocycles. The van der Waals surface area contributed by atoms with Gasteiger partial charge in [0.05, 0.1) is 26.0 Å². The van der Waals surface area contributed by atoms with Crippen molar-refractivity contribution in [1.29, 1.82) is 0 Å². The molecule has 22 heteroatoms. The van der Waals surface area contributed by atoms with Crippen molar-refractivity contribution >= 4 is 62.2 Å². The molecule has 408 valence electrons. The number of carbonyl (C=O) groups is 3. The lowest BCUT2D eigenvalue weighted by Gasteiger charge is -2.29. The Morgan fingerprint density at radius 3 is 1.54 bits per heavy atom. The summed E-state index contributed by atoms with van der Waals surface area (Å²) in [5, 5.41) is 13.0. The number of hydrogen-bond acceptors (Lipinski definition) is 16. The van der Waals surface area contributed by atoms with Crippen molar-refractivity contribution in [3.8, 4) is 17.2 Å². The van der Waals surface area contributed by atoms with Crippen LogP contribution in [-0.4, -0.2) is 149 Å². The highest BCUT2D eigenvalue weighted by atomic mass is 28.4. The molecule has 1 atom stereocenters. The van der Waals surface area contributed by atoms with Gasteiger partial charge < -0.3 is 69.2 Å². The number of nitrogens with one attached hydrogen (secondary N) is 1. The van der Waals surface area contributed by atoms with Gasteiger partial charge in [0, 0.05) is 104 Å². The maximum atomic E-state index is 13.6. The third-order valence-corrected chi connectivity index (χ3v) is 20.0. The molecule has 0 fully saturated rings. The second-order valence-electron chi connectivity index (χ2n) is 15.6. The number of anilines is 1. The predicted octanol–water partition coefficient (Wildman–Crippen LogP) is 9.66. The van der Waals surface area contributed by atoms with Crippen LogP contribution in [0.2, 0.25) is 18.1 Å². The second kappa shape index (κ2) is 36.0. The van der Waals surface area contributed by atoms with E-state index in [2.05, 4.69) is 5.32 Å². The van der Waals surface area contributed by atoms with E-state index in [0.29, 0.717) is 132 Å². The van der Waals surface area contributed by atoms with E-state index in [1.165, 1.54) is 25.2 Å². The number of allylic oxidation sites excluding steroid dienone is 1. The van der Waals surface area contributed by atoms with Gasteiger partial charge in [0.2, 0.25) is 0 Å². The summed E-state index contributed by atoms with van der Waals surface area (Å²) < 4.78 is 76.9. The van der Waals surface area contributed by atoms with Gasteiger partial charge in [-0.05, 0) is 123 Å². The molecule has 72 heavy (non-hydrogen) atoms. The quantitative estimate of drug-likeness (QED) is 0.0361. The molecule has 0 aromatic heterocycles. The van der Waals surface area contributed by atoms with Crippen LogP contribution in [0.1, 0.15) is 99.1 Å². The minimum absolute atomic E-state index is 0.00216. The summed E-state index contributed by atoms with van der Waals surface area (Å²) in [6, 6.07) is 11.7. The number of carboxylic acid groups (broad SMARTS) is 1. The largest absolute Gasteiger partial charge is 0.501 e. The van der Waals surface area contributed by atoms with Crippen LogP contribution in [0.3, 0.4) is 0 Å². The van der Waals surface area contributed by atoms with Gasteiger partial charge in [-0.3, -0.25) is 9.69 Å². The van der Waals surface area contributed by atoms with Crippen molar-refractivity contribution in [2.75, 3.05) is 98.3 Å². The number of ether oxygens (including phenoxy) is 4. The van der Waals surface area contributed by atoms with Gasteiger partial charge in [0.15, 0.2) is 17.3 Å². The molecule has 2 aromatic carbocycles. The number of benzene rings is 2. The minimum Gasteiger partial charge on any atom is -0.495 e. The molecule has 1 unspecified atom stereocenters. The van der Waals surface area contributed by atoms with E-state index in [1.54, 1.807) is 48.6 Å². The third-order valence-electron chi connectivity index (χ3n) is 10.5. The van der Waals surface area contributed by atoms with Gasteiger partial charge in [0.1, 0.15) is 5.75 Å². The van der Waals surface area contributed by atoms with Gasteiger partial charge in [-0.25, -0.2) is 9.59 Å². The van der Waals surface area contributed by atoms with Crippen molar-refractivity contribution in [2.24, 2.45) is 0 Å². The van der Waals surface area contributed by atoms with E-state index in [4.69, 9.17) is 58.8 Å². The molecule has 0 saturated carbocycles. The van der Waals surface area contributed by atoms with Gasteiger partial charge in [-0.2, -0.15) is 0 Å². The van der Waals surface area contributed by atoms with Crippen molar-refractivity contribution in [1.82, 2.24) is 5.32 Å². The van der Waals surface area contributed by atoms with Crippen LogP contribution in [0.15, 0.2) is 48.6 Å². The number of nitrogens with zero attached hydrogens (tertiary/aromatic N) is 1. The highest BCUT2D eigenvalue weighted by molar-refractivity contribution is 6.61.